The van der Waals surface area contributed by atoms with Gasteiger partial charge in [0, 0.05) is 21.0 Å². The van der Waals surface area contributed by atoms with E-state index in [1.54, 1.807) is 0 Å². The number of nitrogen functional groups attached to an aromatic ring is 1. The molecule has 0 radical (unpaired) electrons. The topological polar surface area (TPSA) is 142 Å². The smallest absolute Gasteiger partial charge is 0.454 e. The van der Waals surface area contributed by atoms with Crippen LogP contribution in [0, 0.1) is 10.1 Å². The highest BCUT2D eigenvalue weighted by Gasteiger charge is 2.20. The quantitative estimate of drug-likeness (QED) is 0.352. The van der Waals surface area contributed by atoms with Gasteiger partial charge in [-0.3, -0.25) is 10.2 Å². The average molecular weight is 331 g/mol. The number of hydrazine groups is 1. The van der Waals surface area contributed by atoms with Crippen molar-refractivity contribution in [3.8, 4) is 0 Å². The van der Waals surface area contributed by atoms with Crippen LogP contribution in [0.2, 0.25) is 0 Å². The first kappa shape index (κ1) is 13.2. The number of amides is 1. The molecule has 3 N–H and O–H groups in total. The normalized spacial score (nSPS) is 10.4. The monoisotopic (exact) mass is 330 g/mol. The fraction of sp³-hybridized carbons (Fsp3) is 0.125. The summed E-state index contributed by atoms with van der Waals surface area (Å²) in [6.07, 6.45) is 0. The third-order valence-electron chi connectivity index (χ3n) is 2.10. The van der Waals surface area contributed by atoms with Crippen molar-refractivity contribution in [3.63, 3.8) is 0 Å². The third kappa shape index (κ3) is 2.77. The van der Waals surface area contributed by atoms with Crippen molar-refractivity contribution in [3.05, 3.63) is 38.5 Å². The number of furan rings is 1. The van der Waals surface area contributed by atoms with Gasteiger partial charge in [-0.2, -0.15) is 4.68 Å². The van der Waals surface area contributed by atoms with Crippen LogP contribution in [0.1, 0.15) is 16.3 Å². The lowest BCUT2D eigenvalue weighted by molar-refractivity contribution is -0.394. The van der Waals surface area contributed by atoms with Gasteiger partial charge in [-0.05, 0) is 22.0 Å². The molecule has 2 heterocycles. The lowest BCUT2D eigenvalue weighted by atomic mass is 10.4. The van der Waals surface area contributed by atoms with Crippen molar-refractivity contribution in [2.24, 2.45) is 5.84 Å². The minimum Gasteiger partial charge on any atom is -0.454 e. The van der Waals surface area contributed by atoms with Gasteiger partial charge in [0.25, 0.3) is 4.73 Å². The summed E-state index contributed by atoms with van der Waals surface area (Å²) < 4.78 is 6.60. The van der Waals surface area contributed by atoms with Crippen molar-refractivity contribution in [1.82, 2.24) is 20.2 Å². The summed E-state index contributed by atoms with van der Waals surface area (Å²) in [5.74, 6) is 4.26. The van der Waals surface area contributed by atoms with Crippen LogP contribution < -0.4 is 11.3 Å². The highest BCUT2D eigenvalue weighted by atomic mass is 79.9. The number of halogens is 1. The van der Waals surface area contributed by atoms with Gasteiger partial charge >= 0.3 is 11.9 Å². The summed E-state index contributed by atoms with van der Waals surface area (Å²) in [6.45, 7) is 0.0826. The van der Waals surface area contributed by atoms with Crippen LogP contribution in [-0.2, 0) is 6.54 Å². The molecule has 0 atom stereocenters. The zero-order valence-electron chi connectivity index (χ0n) is 9.24. The summed E-state index contributed by atoms with van der Waals surface area (Å²) >= 11 is 3.04. The number of nitrogens with zero attached hydrogens (tertiary/aromatic N) is 4. The lowest BCUT2D eigenvalue weighted by Gasteiger charge is -1.95. The summed E-state index contributed by atoms with van der Waals surface area (Å²) in [7, 11) is 0. The zero-order chi connectivity index (χ0) is 14.0. The predicted molar refractivity (Wildman–Crippen MR) is 63.8 cm³/mol. The molecule has 0 aliphatic heterocycles. The first-order valence-corrected chi connectivity index (χ1v) is 5.65. The molecule has 2 aromatic heterocycles. The molecule has 11 heteroatoms. The SMILES string of the molecule is NNC(=O)c1ccc(Cn2nc([N+](=O)[O-])nc2Br)o1. The van der Waals surface area contributed by atoms with Crippen LogP contribution in [0.5, 0.6) is 0 Å². The van der Waals surface area contributed by atoms with E-state index in [9.17, 15) is 14.9 Å². The highest BCUT2D eigenvalue weighted by Crippen LogP contribution is 2.15. The molecule has 1 amide bonds. The lowest BCUT2D eigenvalue weighted by Crippen LogP contribution is -2.29. The van der Waals surface area contributed by atoms with Gasteiger partial charge in [-0.25, -0.2) is 5.84 Å². The largest absolute Gasteiger partial charge is 0.492 e. The number of carbonyl (C=O) groups is 1. The van der Waals surface area contributed by atoms with Crippen LogP contribution in [-0.4, -0.2) is 25.6 Å². The van der Waals surface area contributed by atoms with Crippen LogP contribution in [0.25, 0.3) is 0 Å². The van der Waals surface area contributed by atoms with Gasteiger partial charge < -0.3 is 14.5 Å². The Labute approximate surface area is 113 Å². The predicted octanol–water partition coefficient (Wildman–Crippen LogP) is 0.194. The van der Waals surface area contributed by atoms with E-state index in [-0.39, 0.29) is 17.0 Å². The molecular formula is C8H7BrN6O4. The number of hydrogen-bond donors (Lipinski definition) is 2. The van der Waals surface area contributed by atoms with Gasteiger partial charge in [0.15, 0.2) is 5.76 Å². The molecule has 0 saturated heterocycles. The maximum atomic E-state index is 11.2. The van der Waals surface area contributed by atoms with E-state index < -0.39 is 16.8 Å². The molecule has 0 saturated carbocycles. The van der Waals surface area contributed by atoms with Crippen molar-refractivity contribution < 1.29 is 14.1 Å². The van der Waals surface area contributed by atoms with Crippen molar-refractivity contribution >= 4 is 27.8 Å². The van der Waals surface area contributed by atoms with Crippen LogP contribution in [0.3, 0.4) is 0 Å². The summed E-state index contributed by atoms with van der Waals surface area (Å²) in [6, 6.07) is 2.96. The van der Waals surface area contributed by atoms with Crippen molar-refractivity contribution in [2.75, 3.05) is 0 Å². The van der Waals surface area contributed by atoms with Crippen LogP contribution >= 0.6 is 15.9 Å². The Kier molecular flexibility index (Phi) is 3.57. The summed E-state index contributed by atoms with van der Waals surface area (Å²) in [5.41, 5.74) is 1.92. The summed E-state index contributed by atoms with van der Waals surface area (Å²) in [5, 5.41) is 14.2. The van der Waals surface area contributed by atoms with Gasteiger partial charge in [0.05, 0.1) is 0 Å². The third-order valence-corrected chi connectivity index (χ3v) is 2.69. The number of rotatable bonds is 4. The first-order chi connectivity index (χ1) is 9.01. The van der Waals surface area contributed by atoms with Gasteiger partial charge in [0.1, 0.15) is 12.3 Å². The second-order valence-corrected chi connectivity index (χ2v) is 4.04. The number of carbonyl (C=O) groups excluding carboxylic acids is 1. The maximum absolute atomic E-state index is 11.2. The van der Waals surface area contributed by atoms with Crippen molar-refractivity contribution in [2.45, 2.75) is 6.54 Å². The summed E-state index contributed by atoms with van der Waals surface area (Å²) in [4.78, 5) is 24.6. The second kappa shape index (κ2) is 5.16. The van der Waals surface area contributed by atoms with E-state index in [1.165, 1.54) is 16.8 Å². The molecule has 100 valence electrons. The molecule has 0 aliphatic rings. The van der Waals surface area contributed by atoms with E-state index in [4.69, 9.17) is 10.3 Å². The number of aromatic nitrogens is 3. The van der Waals surface area contributed by atoms with Gasteiger partial charge in [0.2, 0.25) is 0 Å². The van der Waals surface area contributed by atoms with E-state index in [0.29, 0.717) is 5.76 Å². The van der Waals surface area contributed by atoms with E-state index in [2.05, 4.69) is 26.0 Å². The molecule has 0 bridgehead atoms. The van der Waals surface area contributed by atoms with Crippen LogP contribution in [0.4, 0.5) is 5.95 Å². The Morgan fingerprint density at radius 1 is 1.63 bits per heavy atom. The first-order valence-electron chi connectivity index (χ1n) is 4.85. The Hall–Kier alpha value is -2.27. The van der Waals surface area contributed by atoms with Crippen LogP contribution in [0.15, 0.2) is 21.3 Å². The second-order valence-electron chi connectivity index (χ2n) is 3.34. The minimum atomic E-state index is -0.712. The molecule has 0 spiro atoms. The Bertz CT molecular complexity index is 635. The van der Waals surface area contributed by atoms with E-state index in [1.807, 2.05) is 5.43 Å². The molecule has 0 unspecified atom stereocenters. The number of hydrogen-bond acceptors (Lipinski definition) is 7. The highest BCUT2D eigenvalue weighted by molar-refractivity contribution is 9.10. The molecule has 19 heavy (non-hydrogen) atoms. The fourth-order valence-corrected chi connectivity index (χ4v) is 1.66. The average Bonchev–Trinajstić information content (AvgIpc) is 2.97. The van der Waals surface area contributed by atoms with E-state index >= 15 is 0 Å². The van der Waals surface area contributed by atoms with E-state index in [0.717, 1.165) is 0 Å². The van der Waals surface area contributed by atoms with Gasteiger partial charge in [-0.15, -0.1) is 0 Å². The Balaban J connectivity index is 2.19. The zero-order valence-corrected chi connectivity index (χ0v) is 10.8. The minimum absolute atomic E-state index is 0.0308. The van der Waals surface area contributed by atoms with Gasteiger partial charge in [-0.1, -0.05) is 0 Å². The molecule has 2 aromatic rings. The number of nitrogens with one attached hydrogen (secondary N) is 1. The Morgan fingerprint density at radius 2 is 2.37 bits per heavy atom. The molecule has 2 rings (SSSR count). The molecular weight excluding hydrogens is 324 g/mol. The number of nitro groups is 1. The molecule has 10 nitrogen and oxygen atoms in total. The Morgan fingerprint density at radius 3 is 2.95 bits per heavy atom. The standard InChI is InChI=1S/C8H7BrN6O4/c9-7-11-8(15(17)18)13-14(7)3-4-1-2-5(19-4)6(16)12-10/h1-2H,3,10H2,(H,12,16). The van der Waals surface area contributed by atoms with Crippen molar-refractivity contribution in [1.29, 1.82) is 0 Å². The number of nitrogens with two attached hydrogens (primary N) is 1. The maximum Gasteiger partial charge on any atom is 0.492 e. The fourth-order valence-electron chi connectivity index (χ4n) is 1.29. The molecule has 0 aromatic carbocycles. The molecule has 0 fully saturated rings. The molecule has 0 aliphatic carbocycles.